The molecule has 2 aromatic carbocycles. The van der Waals surface area contributed by atoms with Crippen LogP contribution in [-0.4, -0.2) is 14.5 Å². The van der Waals surface area contributed by atoms with Crippen LogP contribution in [0.5, 0.6) is 0 Å². The monoisotopic (exact) mass is 313 g/mol. The summed E-state index contributed by atoms with van der Waals surface area (Å²) in [5.74, 6) is 0. The van der Waals surface area contributed by atoms with Crippen molar-refractivity contribution in [2.24, 2.45) is 0 Å². The molecular formula is C18H19NO2S. The quantitative estimate of drug-likeness (QED) is 0.800. The lowest BCUT2D eigenvalue weighted by Crippen LogP contribution is -2.40. The van der Waals surface area contributed by atoms with Gasteiger partial charge in [0, 0.05) is 0 Å². The second kappa shape index (κ2) is 6.36. The molecule has 0 saturated carbocycles. The Bertz CT molecular complexity index is 739. The van der Waals surface area contributed by atoms with Gasteiger partial charge in [-0.3, -0.25) is 4.31 Å². The average Bonchev–Trinajstić information content (AvgIpc) is 2.58. The van der Waals surface area contributed by atoms with Gasteiger partial charge in [-0.15, -0.1) is 0 Å². The van der Waals surface area contributed by atoms with Crippen LogP contribution < -0.4 is 4.31 Å². The molecule has 3 rings (SSSR count). The number of sulfonamides is 1. The van der Waals surface area contributed by atoms with Crippen molar-refractivity contribution in [1.29, 1.82) is 0 Å². The summed E-state index contributed by atoms with van der Waals surface area (Å²) in [6.07, 6.45) is 6.96. The summed E-state index contributed by atoms with van der Waals surface area (Å²) in [6, 6.07) is 17.9. The van der Waals surface area contributed by atoms with E-state index in [0.29, 0.717) is 10.6 Å². The minimum atomic E-state index is -3.57. The molecule has 0 heterocycles. The van der Waals surface area contributed by atoms with Gasteiger partial charge >= 0.3 is 0 Å². The maximum atomic E-state index is 13.1. The Balaban J connectivity index is 2.09. The normalized spacial score (nSPS) is 18.1. The zero-order valence-corrected chi connectivity index (χ0v) is 13.1. The Labute approximate surface area is 132 Å². The van der Waals surface area contributed by atoms with Gasteiger partial charge in [-0.25, -0.2) is 8.42 Å². The lowest BCUT2D eigenvalue weighted by molar-refractivity contribution is 0.571. The number of nitrogens with zero attached hydrogens (tertiary/aromatic N) is 1. The summed E-state index contributed by atoms with van der Waals surface area (Å²) in [5, 5.41) is 0. The molecule has 0 saturated heterocycles. The first kappa shape index (κ1) is 14.9. The van der Waals surface area contributed by atoms with E-state index in [9.17, 15) is 8.42 Å². The summed E-state index contributed by atoms with van der Waals surface area (Å²) >= 11 is 0. The number of allylic oxidation sites excluding steroid dienone is 1. The zero-order chi connectivity index (χ0) is 15.4. The fraction of sp³-hybridized carbons (Fsp3) is 0.222. The van der Waals surface area contributed by atoms with Crippen LogP contribution in [0.15, 0.2) is 77.7 Å². The van der Waals surface area contributed by atoms with E-state index < -0.39 is 10.0 Å². The van der Waals surface area contributed by atoms with E-state index >= 15 is 0 Å². The highest BCUT2D eigenvalue weighted by molar-refractivity contribution is 7.92. The van der Waals surface area contributed by atoms with Gasteiger partial charge in [0.1, 0.15) is 0 Å². The first-order valence-corrected chi connectivity index (χ1v) is 8.95. The van der Waals surface area contributed by atoms with Crippen LogP contribution >= 0.6 is 0 Å². The molecule has 0 radical (unpaired) electrons. The number of hydrogen-bond donors (Lipinski definition) is 0. The molecule has 1 atom stereocenters. The first-order valence-electron chi connectivity index (χ1n) is 7.51. The maximum Gasteiger partial charge on any atom is 0.264 e. The Morgan fingerprint density at radius 3 is 2.14 bits per heavy atom. The van der Waals surface area contributed by atoms with Crippen LogP contribution in [0.25, 0.3) is 0 Å². The molecule has 0 fully saturated rings. The van der Waals surface area contributed by atoms with Crippen molar-refractivity contribution in [3.63, 3.8) is 0 Å². The van der Waals surface area contributed by atoms with Gasteiger partial charge in [-0.2, -0.15) is 0 Å². The molecule has 114 valence electrons. The van der Waals surface area contributed by atoms with Gasteiger partial charge in [0.25, 0.3) is 10.0 Å². The van der Waals surface area contributed by atoms with Crippen LogP contribution in [0.3, 0.4) is 0 Å². The molecule has 1 unspecified atom stereocenters. The van der Waals surface area contributed by atoms with Crippen molar-refractivity contribution in [2.45, 2.75) is 30.2 Å². The number of para-hydroxylation sites is 1. The Morgan fingerprint density at radius 1 is 0.909 bits per heavy atom. The Morgan fingerprint density at radius 2 is 1.55 bits per heavy atom. The van der Waals surface area contributed by atoms with Crippen LogP contribution in [-0.2, 0) is 10.0 Å². The Kier molecular flexibility index (Phi) is 4.29. The Hall–Kier alpha value is -2.07. The molecule has 3 nitrogen and oxygen atoms in total. The third-order valence-corrected chi connectivity index (χ3v) is 5.71. The summed E-state index contributed by atoms with van der Waals surface area (Å²) in [6.45, 7) is 0. The molecular weight excluding hydrogens is 294 g/mol. The number of rotatable bonds is 4. The molecule has 1 aliphatic carbocycles. The highest BCUT2D eigenvalue weighted by Crippen LogP contribution is 2.29. The molecule has 1 aliphatic rings. The number of anilines is 1. The molecule has 0 aliphatic heterocycles. The highest BCUT2D eigenvalue weighted by Gasteiger charge is 2.30. The lowest BCUT2D eigenvalue weighted by Gasteiger charge is -2.32. The van der Waals surface area contributed by atoms with E-state index in [1.807, 2.05) is 42.5 Å². The van der Waals surface area contributed by atoms with E-state index in [2.05, 4.69) is 6.08 Å². The summed E-state index contributed by atoms with van der Waals surface area (Å²) in [5.41, 5.74) is 0.711. The molecule has 22 heavy (non-hydrogen) atoms. The van der Waals surface area contributed by atoms with Gasteiger partial charge in [0.05, 0.1) is 16.6 Å². The minimum absolute atomic E-state index is 0.124. The predicted octanol–water partition coefficient (Wildman–Crippen LogP) is 3.99. The largest absolute Gasteiger partial charge is 0.264 e. The van der Waals surface area contributed by atoms with Crippen molar-refractivity contribution in [1.82, 2.24) is 0 Å². The molecule has 4 heteroatoms. The van der Waals surface area contributed by atoms with Crippen LogP contribution in [0, 0.1) is 0 Å². The topological polar surface area (TPSA) is 37.4 Å². The van der Waals surface area contributed by atoms with E-state index in [4.69, 9.17) is 0 Å². The van der Waals surface area contributed by atoms with E-state index in [1.54, 1.807) is 28.6 Å². The van der Waals surface area contributed by atoms with Gasteiger partial charge in [-0.1, -0.05) is 48.6 Å². The summed E-state index contributed by atoms with van der Waals surface area (Å²) < 4.78 is 27.8. The molecule has 0 amide bonds. The van der Waals surface area contributed by atoms with Crippen molar-refractivity contribution in [3.05, 3.63) is 72.8 Å². The lowest BCUT2D eigenvalue weighted by atomic mass is 10.0. The molecule has 0 bridgehead atoms. The summed E-state index contributed by atoms with van der Waals surface area (Å²) in [7, 11) is -3.57. The molecule has 0 N–H and O–H groups in total. The third kappa shape index (κ3) is 2.92. The molecule has 2 aromatic rings. The highest BCUT2D eigenvalue weighted by atomic mass is 32.2. The van der Waals surface area contributed by atoms with E-state index in [-0.39, 0.29) is 6.04 Å². The zero-order valence-electron chi connectivity index (χ0n) is 12.3. The van der Waals surface area contributed by atoms with E-state index in [1.165, 1.54) is 0 Å². The van der Waals surface area contributed by atoms with Gasteiger partial charge in [-0.05, 0) is 43.5 Å². The van der Waals surface area contributed by atoms with Crippen LogP contribution in [0.2, 0.25) is 0 Å². The van der Waals surface area contributed by atoms with Gasteiger partial charge < -0.3 is 0 Å². The van der Waals surface area contributed by atoms with Crippen molar-refractivity contribution in [2.75, 3.05) is 4.31 Å². The van der Waals surface area contributed by atoms with Crippen molar-refractivity contribution in [3.8, 4) is 0 Å². The van der Waals surface area contributed by atoms with Crippen molar-refractivity contribution < 1.29 is 8.42 Å². The fourth-order valence-corrected chi connectivity index (χ4v) is 4.44. The average molecular weight is 313 g/mol. The third-order valence-electron chi connectivity index (χ3n) is 3.84. The van der Waals surface area contributed by atoms with Crippen LogP contribution in [0.1, 0.15) is 19.3 Å². The number of hydrogen-bond acceptors (Lipinski definition) is 2. The first-order chi connectivity index (χ1) is 10.7. The smallest absolute Gasteiger partial charge is 0.259 e. The molecule has 0 aromatic heterocycles. The van der Waals surface area contributed by atoms with Crippen molar-refractivity contribution >= 4 is 15.7 Å². The second-order valence-electron chi connectivity index (χ2n) is 5.38. The summed E-state index contributed by atoms with van der Waals surface area (Å²) in [4.78, 5) is 0.331. The number of benzene rings is 2. The fourth-order valence-electron chi connectivity index (χ4n) is 2.78. The van der Waals surface area contributed by atoms with Crippen LogP contribution in [0.4, 0.5) is 5.69 Å². The maximum absolute atomic E-state index is 13.1. The SMILES string of the molecule is O=S(=O)(c1ccccc1)N(c1ccccc1)C1C=CCCC1. The molecule has 0 spiro atoms. The minimum Gasteiger partial charge on any atom is -0.259 e. The predicted molar refractivity (Wildman–Crippen MR) is 89.3 cm³/mol. The standard InChI is InChI=1S/C18H19NO2S/c20-22(21,18-14-8-3-9-15-18)19(16-10-4-1-5-11-16)17-12-6-2-7-13-17/h1,3-6,8-12,14-15,17H,2,7,13H2. The van der Waals surface area contributed by atoms with Gasteiger partial charge in [0.2, 0.25) is 0 Å². The second-order valence-corrected chi connectivity index (χ2v) is 7.19. The van der Waals surface area contributed by atoms with E-state index in [0.717, 1.165) is 19.3 Å². The van der Waals surface area contributed by atoms with Gasteiger partial charge in [0.15, 0.2) is 0 Å².